The number of benzene rings is 1. The highest BCUT2D eigenvalue weighted by Gasteiger charge is 2.37. The third kappa shape index (κ3) is 6.30. The summed E-state index contributed by atoms with van der Waals surface area (Å²) in [4.78, 5) is 7.60. The maximum atomic E-state index is 15.3. The third-order valence-electron chi connectivity index (χ3n) is 7.46. The molecule has 0 atom stereocenters. The Kier molecular flexibility index (Phi) is 7.65. The van der Waals surface area contributed by atoms with Crippen LogP contribution < -0.4 is 10.1 Å². The van der Waals surface area contributed by atoms with E-state index < -0.39 is 20.2 Å². The van der Waals surface area contributed by atoms with Crippen LogP contribution in [0.25, 0.3) is 10.8 Å². The number of nitrogens with one attached hydrogen (secondary N) is 1. The Labute approximate surface area is 215 Å². The third-order valence-corrected chi connectivity index (χ3v) is 11.9. The molecule has 10 heteroatoms. The van der Waals surface area contributed by atoms with Crippen LogP contribution in [0.4, 0.5) is 17.6 Å². The highest BCUT2D eigenvalue weighted by Crippen LogP contribution is 2.38. The van der Waals surface area contributed by atoms with Gasteiger partial charge in [-0.15, -0.1) is 0 Å². The average molecular weight is 536 g/mol. The van der Waals surface area contributed by atoms with Crippen molar-refractivity contribution in [3.63, 3.8) is 0 Å². The van der Waals surface area contributed by atoms with Crippen molar-refractivity contribution in [1.82, 2.24) is 15.3 Å². The molecule has 0 saturated heterocycles. The predicted molar refractivity (Wildman–Crippen MR) is 137 cm³/mol. The normalized spacial score (nSPS) is 18.6. The van der Waals surface area contributed by atoms with Crippen molar-refractivity contribution >= 4 is 19.1 Å². The first-order chi connectivity index (χ1) is 17.2. The lowest BCUT2D eigenvalue weighted by Gasteiger charge is -2.36. The predicted octanol–water partition coefficient (Wildman–Crippen LogP) is 7.01. The fourth-order valence-electron chi connectivity index (χ4n) is 4.04. The van der Waals surface area contributed by atoms with Gasteiger partial charge in [0.05, 0.1) is 6.61 Å². The van der Waals surface area contributed by atoms with Crippen LogP contribution in [0.5, 0.6) is 5.75 Å². The molecular weight excluding hydrogens is 502 g/mol. The molecule has 1 N–H and O–H groups in total. The Hall–Kier alpha value is -2.56. The molecule has 1 fully saturated rings. The van der Waals surface area contributed by atoms with Crippen molar-refractivity contribution in [3.8, 4) is 5.75 Å². The Morgan fingerprint density at radius 3 is 2.46 bits per heavy atom. The molecule has 0 radical (unpaired) electrons. The second-order valence-corrected chi connectivity index (χ2v) is 15.9. The minimum Gasteiger partial charge on any atom is -0.490 e. The van der Waals surface area contributed by atoms with E-state index in [-0.39, 0.29) is 28.8 Å². The second-order valence-electron chi connectivity index (χ2n) is 11.1. The zero-order chi connectivity index (χ0) is 27.0. The molecule has 0 unspecified atom stereocenters. The molecule has 37 heavy (non-hydrogen) atoms. The lowest BCUT2D eigenvalue weighted by Crippen LogP contribution is -2.46. The van der Waals surface area contributed by atoms with Crippen LogP contribution in [0.2, 0.25) is 18.1 Å². The summed E-state index contributed by atoms with van der Waals surface area (Å²) in [6, 6.07) is 5.77. The van der Waals surface area contributed by atoms with E-state index in [9.17, 15) is 13.2 Å². The van der Waals surface area contributed by atoms with Gasteiger partial charge < -0.3 is 14.5 Å². The minimum atomic E-state index is -4.52. The Bertz CT molecular complexity index is 1250. The lowest BCUT2D eigenvalue weighted by atomic mass is 9.88. The molecule has 0 bridgehead atoms. The first-order valence-electron chi connectivity index (χ1n) is 12.4. The molecule has 0 spiro atoms. The van der Waals surface area contributed by atoms with E-state index in [1.54, 1.807) is 18.5 Å². The zero-order valence-electron chi connectivity index (χ0n) is 21.7. The molecule has 200 valence electrons. The molecule has 2 heterocycles. The van der Waals surface area contributed by atoms with Crippen LogP contribution in [-0.4, -0.2) is 30.4 Å². The summed E-state index contributed by atoms with van der Waals surface area (Å²) in [7, 11) is -2.01. The van der Waals surface area contributed by atoms with E-state index in [1.165, 1.54) is 6.07 Å². The van der Waals surface area contributed by atoms with E-state index in [2.05, 4.69) is 49.1 Å². The summed E-state index contributed by atoms with van der Waals surface area (Å²) in [5.41, 5.74) is 0.359. The topological polar surface area (TPSA) is 56.3 Å². The largest absolute Gasteiger partial charge is 0.490 e. The van der Waals surface area contributed by atoms with Crippen LogP contribution >= 0.6 is 0 Å². The Morgan fingerprint density at radius 1 is 1.05 bits per heavy atom. The molecule has 1 aliphatic carbocycles. The van der Waals surface area contributed by atoms with Gasteiger partial charge in [0.25, 0.3) is 0 Å². The van der Waals surface area contributed by atoms with Gasteiger partial charge >= 0.3 is 6.18 Å². The number of pyridine rings is 2. The monoisotopic (exact) mass is 535 g/mol. The molecule has 1 aromatic carbocycles. The van der Waals surface area contributed by atoms with E-state index in [4.69, 9.17) is 9.16 Å². The van der Waals surface area contributed by atoms with Crippen molar-refractivity contribution in [2.45, 2.75) is 83.2 Å². The molecule has 2 aromatic heterocycles. The smallest absolute Gasteiger partial charge is 0.433 e. The first kappa shape index (κ1) is 27.5. The van der Waals surface area contributed by atoms with Gasteiger partial charge in [0.15, 0.2) is 8.32 Å². The van der Waals surface area contributed by atoms with Gasteiger partial charge in [-0.25, -0.2) is 4.39 Å². The summed E-state index contributed by atoms with van der Waals surface area (Å²) < 4.78 is 65.9. The van der Waals surface area contributed by atoms with Crippen LogP contribution in [0.1, 0.15) is 50.4 Å². The molecular formula is C27H33F4N3O2Si. The number of alkyl halides is 3. The number of ether oxygens (including phenoxy) is 1. The number of nitrogens with zero attached hydrogens (tertiary/aromatic N) is 2. The van der Waals surface area contributed by atoms with E-state index >= 15 is 4.39 Å². The number of fused-ring (bicyclic) bond motifs is 1. The van der Waals surface area contributed by atoms with Crippen molar-refractivity contribution in [2.24, 2.45) is 0 Å². The minimum absolute atomic E-state index is 0.0474. The fraction of sp³-hybridized carbons (Fsp3) is 0.481. The van der Waals surface area contributed by atoms with Gasteiger partial charge in [0.1, 0.15) is 23.4 Å². The Morgan fingerprint density at radius 2 is 1.78 bits per heavy atom. The molecule has 5 nitrogen and oxygen atoms in total. The highest BCUT2D eigenvalue weighted by molar-refractivity contribution is 6.74. The van der Waals surface area contributed by atoms with Gasteiger partial charge in [-0.2, -0.15) is 13.2 Å². The highest BCUT2D eigenvalue weighted by atomic mass is 28.4. The number of hydrogen-bond donors (Lipinski definition) is 1. The molecule has 4 rings (SSSR count). The van der Waals surface area contributed by atoms with Crippen molar-refractivity contribution < 1.29 is 26.7 Å². The van der Waals surface area contributed by atoms with Crippen molar-refractivity contribution in [2.75, 3.05) is 0 Å². The average Bonchev–Trinajstić information content (AvgIpc) is 2.79. The first-order valence-corrected chi connectivity index (χ1v) is 15.3. The van der Waals surface area contributed by atoms with Crippen LogP contribution in [0.15, 0.2) is 42.9 Å². The van der Waals surface area contributed by atoms with Crippen LogP contribution in [0, 0.1) is 5.82 Å². The van der Waals surface area contributed by atoms with E-state index in [0.717, 1.165) is 28.6 Å². The summed E-state index contributed by atoms with van der Waals surface area (Å²) in [6.45, 7) is 11.5. The number of halogens is 4. The lowest BCUT2D eigenvalue weighted by molar-refractivity contribution is -0.141. The molecule has 0 aliphatic heterocycles. The van der Waals surface area contributed by atoms with E-state index in [1.807, 2.05) is 6.07 Å². The van der Waals surface area contributed by atoms with Gasteiger partial charge in [-0.05, 0) is 60.1 Å². The fourth-order valence-corrected chi connectivity index (χ4v) is 4.99. The number of rotatable bonds is 8. The maximum absolute atomic E-state index is 15.3. The molecule has 1 saturated carbocycles. The SMILES string of the molecule is CC(C)(C)[Si](C)(C)OCc1cc(F)c(CN[C@H]2C[C@H](Oc3ccnc(C(F)(F)F)c3)C2)c2ccncc12. The van der Waals surface area contributed by atoms with Crippen LogP contribution in [0.3, 0.4) is 0 Å². The van der Waals surface area contributed by atoms with Gasteiger partial charge in [0, 0.05) is 48.2 Å². The molecule has 3 aromatic rings. The molecule has 1 aliphatic rings. The summed E-state index contributed by atoms with van der Waals surface area (Å²) in [6.07, 6.45) is 1.00. The number of hydrogen-bond acceptors (Lipinski definition) is 5. The summed E-state index contributed by atoms with van der Waals surface area (Å²) in [5.74, 6) is -0.158. The summed E-state index contributed by atoms with van der Waals surface area (Å²) >= 11 is 0. The van der Waals surface area contributed by atoms with Crippen LogP contribution in [-0.2, 0) is 23.8 Å². The van der Waals surface area contributed by atoms with E-state index in [0.29, 0.717) is 31.6 Å². The second kappa shape index (κ2) is 10.3. The standard InChI is InChI=1S/C27H33F4N3O2Si/c1-26(2,3)37(4,5)35-16-17-10-24(28)23(21-7-8-32-14-22(17)21)15-34-18-11-20(12-18)36-19-6-9-33-25(13-19)27(29,30)31/h6-10,13-14,18,20,34H,11-12,15-16H2,1-5H3/t18-,20-. The van der Waals surface area contributed by atoms with Gasteiger partial charge in [-0.3, -0.25) is 9.97 Å². The quantitative estimate of drug-likeness (QED) is 0.248. The van der Waals surface area contributed by atoms with Crippen molar-refractivity contribution in [3.05, 3.63) is 65.5 Å². The van der Waals surface area contributed by atoms with Gasteiger partial charge in [0.2, 0.25) is 0 Å². The maximum Gasteiger partial charge on any atom is 0.433 e. The number of aromatic nitrogens is 2. The molecule has 0 amide bonds. The van der Waals surface area contributed by atoms with Crippen molar-refractivity contribution in [1.29, 1.82) is 0 Å². The summed E-state index contributed by atoms with van der Waals surface area (Å²) in [5, 5.41) is 5.07. The van der Waals surface area contributed by atoms with Gasteiger partial charge in [-0.1, -0.05) is 20.8 Å². The zero-order valence-corrected chi connectivity index (χ0v) is 22.7. The Balaban J connectivity index is 1.39.